The fourth-order valence-electron chi connectivity index (χ4n) is 1.47. The van der Waals surface area contributed by atoms with E-state index in [0.717, 1.165) is 6.42 Å². The normalized spacial score (nSPS) is 20.8. The Hall–Kier alpha value is -0.120. The van der Waals surface area contributed by atoms with Gasteiger partial charge in [0.1, 0.15) is 0 Å². The van der Waals surface area contributed by atoms with E-state index in [1.54, 1.807) is 0 Å². The van der Waals surface area contributed by atoms with Gasteiger partial charge in [0.05, 0.1) is 12.2 Å². The Morgan fingerprint density at radius 3 is 2.08 bits per heavy atom. The second kappa shape index (κ2) is 6.35. The molecule has 80 valence electrons. The zero-order valence-electron chi connectivity index (χ0n) is 8.77. The van der Waals surface area contributed by atoms with Crippen molar-refractivity contribution < 1.29 is 15.3 Å². The Labute approximate surface area is 80.4 Å². The summed E-state index contributed by atoms with van der Waals surface area (Å²) >= 11 is 0. The second-order valence-corrected chi connectivity index (χ2v) is 3.97. The summed E-state index contributed by atoms with van der Waals surface area (Å²) in [7, 11) is 0. The number of rotatable bonds is 6. The average molecular weight is 190 g/mol. The van der Waals surface area contributed by atoms with E-state index in [1.165, 1.54) is 0 Å². The molecule has 0 aliphatic heterocycles. The lowest BCUT2D eigenvalue weighted by atomic mass is 9.90. The van der Waals surface area contributed by atoms with E-state index in [-0.39, 0.29) is 18.4 Å². The summed E-state index contributed by atoms with van der Waals surface area (Å²) in [4.78, 5) is 0. The molecule has 3 nitrogen and oxygen atoms in total. The highest BCUT2D eigenvalue weighted by Gasteiger charge is 2.22. The summed E-state index contributed by atoms with van der Waals surface area (Å²) in [5.41, 5.74) is 0. The van der Waals surface area contributed by atoms with Crippen LogP contribution in [0.5, 0.6) is 0 Å². The van der Waals surface area contributed by atoms with Crippen molar-refractivity contribution in [2.24, 2.45) is 11.8 Å². The molecule has 4 unspecified atom stereocenters. The van der Waals surface area contributed by atoms with Gasteiger partial charge in [0.15, 0.2) is 0 Å². The Morgan fingerprint density at radius 2 is 1.69 bits per heavy atom. The molecule has 0 radical (unpaired) electrons. The average Bonchev–Trinajstić information content (AvgIpc) is 2.14. The molecule has 0 saturated carbocycles. The Balaban J connectivity index is 3.87. The minimum absolute atomic E-state index is 0.0390. The summed E-state index contributed by atoms with van der Waals surface area (Å²) in [6, 6.07) is 0. The van der Waals surface area contributed by atoms with Gasteiger partial charge in [0, 0.05) is 6.61 Å². The van der Waals surface area contributed by atoms with Crippen molar-refractivity contribution in [3.8, 4) is 0 Å². The molecule has 0 heterocycles. The molecule has 3 heteroatoms. The van der Waals surface area contributed by atoms with Gasteiger partial charge in [-0.25, -0.2) is 0 Å². The molecule has 0 amide bonds. The van der Waals surface area contributed by atoms with Crippen LogP contribution in [0.1, 0.15) is 33.6 Å². The highest BCUT2D eigenvalue weighted by atomic mass is 16.3. The van der Waals surface area contributed by atoms with Gasteiger partial charge >= 0.3 is 0 Å². The molecular formula is C10H22O3. The molecule has 0 aromatic carbocycles. The first kappa shape index (κ1) is 12.9. The van der Waals surface area contributed by atoms with Gasteiger partial charge in [-0.2, -0.15) is 0 Å². The first-order chi connectivity index (χ1) is 6.02. The molecule has 0 saturated heterocycles. The van der Waals surface area contributed by atoms with Crippen molar-refractivity contribution in [1.82, 2.24) is 0 Å². The lowest BCUT2D eigenvalue weighted by Gasteiger charge is -2.24. The monoisotopic (exact) mass is 190 g/mol. The van der Waals surface area contributed by atoms with Crippen molar-refractivity contribution in [2.75, 3.05) is 6.61 Å². The summed E-state index contributed by atoms with van der Waals surface area (Å²) in [5.74, 6) is 0.228. The predicted molar refractivity (Wildman–Crippen MR) is 52.3 cm³/mol. The highest BCUT2D eigenvalue weighted by Crippen LogP contribution is 2.18. The maximum atomic E-state index is 9.60. The lowest BCUT2D eigenvalue weighted by molar-refractivity contribution is -0.0211. The van der Waals surface area contributed by atoms with Crippen LogP contribution in [0.2, 0.25) is 0 Å². The van der Waals surface area contributed by atoms with E-state index < -0.39 is 12.2 Å². The van der Waals surface area contributed by atoms with E-state index >= 15 is 0 Å². The minimum atomic E-state index is -0.668. The van der Waals surface area contributed by atoms with E-state index in [1.807, 2.05) is 20.8 Å². The molecule has 0 aliphatic rings. The first-order valence-corrected chi connectivity index (χ1v) is 4.99. The van der Waals surface area contributed by atoms with Gasteiger partial charge in [-0.05, 0) is 24.7 Å². The Morgan fingerprint density at radius 1 is 1.15 bits per heavy atom. The number of hydrogen-bond donors (Lipinski definition) is 3. The van der Waals surface area contributed by atoms with Crippen molar-refractivity contribution in [3.63, 3.8) is 0 Å². The van der Waals surface area contributed by atoms with Crippen molar-refractivity contribution in [3.05, 3.63) is 0 Å². The zero-order chi connectivity index (χ0) is 10.4. The van der Waals surface area contributed by atoms with Crippen molar-refractivity contribution in [2.45, 2.75) is 45.8 Å². The number of aliphatic hydroxyl groups is 3. The number of aliphatic hydroxyl groups excluding tert-OH is 3. The second-order valence-electron chi connectivity index (χ2n) is 3.97. The number of hydrogen-bond acceptors (Lipinski definition) is 3. The predicted octanol–water partition coefficient (Wildman–Crippen LogP) is 0.773. The molecule has 3 N–H and O–H groups in total. The molecule has 0 aliphatic carbocycles. The first-order valence-electron chi connectivity index (χ1n) is 4.99. The largest absolute Gasteiger partial charge is 0.396 e. The lowest BCUT2D eigenvalue weighted by Crippen LogP contribution is -2.32. The molecular weight excluding hydrogens is 168 g/mol. The molecule has 4 atom stereocenters. The van der Waals surface area contributed by atoms with Crippen LogP contribution in [0.3, 0.4) is 0 Å². The van der Waals surface area contributed by atoms with E-state index in [2.05, 4.69) is 0 Å². The third-order valence-electron chi connectivity index (χ3n) is 2.48. The molecule has 0 aromatic rings. The van der Waals surface area contributed by atoms with Crippen LogP contribution >= 0.6 is 0 Å². The fourth-order valence-corrected chi connectivity index (χ4v) is 1.47. The molecule has 0 bridgehead atoms. The van der Waals surface area contributed by atoms with Crippen LogP contribution in [0.15, 0.2) is 0 Å². The van der Waals surface area contributed by atoms with Gasteiger partial charge < -0.3 is 15.3 Å². The zero-order valence-corrected chi connectivity index (χ0v) is 8.77. The standard InChI is InChI=1S/C10H22O3/c1-4-9(12)10(13)8(3)5-7(2)6-11/h7-13H,4-6H2,1-3H3. The minimum Gasteiger partial charge on any atom is -0.396 e. The summed E-state index contributed by atoms with van der Waals surface area (Å²) < 4.78 is 0. The molecule has 13 heavy (non-hydrogen) atoms. The summed E-state index contributed by atoms with van der Waals surface area (Å²) in [6.07, 6.45) is 0.00758. The molecule has 0 rings (SSSR count). The van der Waals surface area contributed by atoms with Crippen LogP contribution in [-0.4, -0.2) is 34.1 Å². The van der Waals surface area contributed by atoms with Gasteiger partial charge in [-0.1, -0.05) is 20.8 Å². The molecule has 0 fully saturated rings. The van der Waals surface area contributed by atoms with Crippen molar-refractivity contribution in [1.29, 1.82) is 0 Å². The topological polar surface area (TPSA) is 60.7 Å². The van der Waals surface area contributed by atoms with Crippen LogP contribution in [-0.2, 0) is 0 Å². The highest BCUT2D eigenvalue weighted by molar-refractivity contribution is 4.73. The maximum absolute atomic E-state index is 9.60. The van der Waals surface area contributed by atoms with Crippen molar-refractivity contribution >= 4 is 0 Å². The quantitative estimate of drug-likeness (QED) is 0.580. The maximum Gasteiger partial charge on any atom is 0.0824 e. The van der Waals surface area contributed by atoms with Gasteiger partial charge in [-0.3, -0.25) is 0 Å². The SMILES string of the molecule is CCC(O)C(O)C(C)CC(C)CO. The molecule has 0 aromatic heterocycles. The van der Waals surface area contributed by atoms with E-state index in [0.29, 0.717) is 6.42 Å². The van der Waals surface area contributed by atoms with Gasteiger partial charge in [0.2, 0.25) is 0 Å². The Bertz CT molecular complexity index is 127. The van der Waals surface area contributed by atoms with Crippen LogP contribution < -0.4 is 0 Å². The third-order valence-corrected chi connectivity index (χ3v) is 2.48. The molecule has 0 spiro atoms. The fraction of sp³-hybridized carbons (Fsp3) is 1.00. The van der Waals surface area contributed by atoms with Crippen LogP contribution in [0, 0.1) is 11.8 Å². The van der Waals surface area contributed by atoms with E-state index in [9.17, 15) is 10.2 Å². The summed E-state index contributed by atoms with van der Waals surface area (Å²) in [5, 5.41) is 27.8. The Kier molecular flexibility index (Phi) is 6.29. The van der Waals surface area contributed by atoms with Gasteiger partial charge in [-0.15, -0.1) is 0 Å². The summed E-state index contributed by atoms with van der Waals surface area (Å²) in [6.45, 7) is 5.81. The van der Waals surface area contributed by atoms with E-state index in [4.69, 9.17) is 5.11 Å². The van der Waals surface area contributed by atoms with Crippen LogP contribution in [0.25, 0.3) is 0 Å². The third kappa shape index (κ3) is 4.60. The smallest absolute Gasteiger partial charge is 0.0824 e. The van der Waals surface area contributed by atoms with Gasteiger partial charge in [0.25, 0.3) is 0 Å². The van der Waals surface area contributed by atoms with Crippen LogP contribution in [0.4, 0.5) is 0 Å².